The van der Waals surface area contributed by atoms with E-state index in [9.17, 15) is 0 Å². The van der Waals surface area contributed by atoms with Crippen LogP contribution in [-0.4, -0.2) is 28.8 Å². The third-order valence-corrected chi connectivity index (χ3v) is 4.21. The highest BCUT2D eigenvalue weighted by Crippen LogP contribution is 2.33. The van der Waals surface area contributed by atoms with Crippen LogP contribution < -0.4 is 5.32 Å². The molecule has 1 aromatic carbocycles. The quantitative estimate of drug-likeness (QED) is 0.937. The summed E-state index contributed by atoms with van der Waals surface area (Å²) in [6.45, 7) is 0.954. The van der Waals surface area contributed by atoms with Gasteiger partial charge in [0.15, 0.2) is 0 Å². The molecule has 1 unspecified atom stereocenters. The largest absolute Gasteiger partial charge is 0.378 e. The summed E-state index contributed by atoms with van der Waals surface area (Å²) in [6, 6.07) is 8.99. The van der Waals surface area contributed by atoms with Crippen LogP contribution in [0.3, 0.4) is 0 Å². The van der Waals surface area contributed by atoms with Crippen LogP contribution >= 0.6 is 0 Å². The van der Waals surface area contributed by atoms with Crippen molar-refractivity contribution in [2.75, 3.05) is 19.4 Å². The van der Waals surface area contributed by atoms with E-state index >= 15 is 0 Å². The molecule has 0 saturated carbocycles. The average Bonchev–Trinajstić information content (AvgIpc) is 2.83. The highest BCUT2D eigenvalue weighted by atomic mass is 15.3. The molecule has 4 nitrogen and oxygen atoms in total. The first kappa shape index (κ1) is 14.1. The average molecular weight is 284 g/mol. The maximum atomic E-state index is 4.43. The van der Waals surface area contributed by atoms with Crippen LogP contribution in [0, 0.1) is 0 Å². The summed E-state index contributed by atoms with van der Waals surface area (Å²) in [4.78, 5) is 2.21. The first-order chi connectivity index (χ1) is 10.1. The molecule has 0 aliphatic heterocycles. The van der Waals surface area contributed by atoms with Crippen molar-refractivity contribution in [2.24, 2.45) is 7.05 Å². The van der Waals surface area contributed by atoms with Crippen molar-refractivity contribution >= 4 is 5.69 Å². The van der Waals surface area contributed by atoms with E-state index in [4.69, 9.17) is 0 Å². The molecule has 3 rings (SSSR count). The second-order valence-electron chi connectivity index (χ2n) is 6.15. The predicted molar refractivity (Wildman–Crippen MR) is 86.3 cm³/mol. The van der Waals surface area contributed by atoms with Crippen LogP contribution in [0.25, 0.3) is 0 Å². The Labute approximate surface area is 126 Å². The van der Waals surface area contributed by atoms with E-state index < -0.39 is 0 Å². The van der Waals surface area contributed by atoms with E-state index in [-0.39, 0.29) is 0 Å². The van der Waals surface area contributed by atoms with Crippen molar-refractivity contribution in [1.82, 2.24) is 14.7 Å². The van der Waals surface area contributed by atoms with Crippen molar-refractivity contribution in [3.8, 4) is 0 Å². The van der Waals surface area contributed by atoms with E-state index in [1.165, 1.54) is 35.3 Å². The number of anilines is 1. The van der Waals surface area contributed by atoms with Gasteiger partial charge in [-0.25, -0.2) is 0 Å². The topological polar surface area (TPSA) is 33.1 Å². The molecule has 0 fully saturated rings. The minimum Gasteiger partial charge on any atom is -0.378 e. The van der Waals surface area contributed by atoms with Crippen molar-refractivity contribution in [1.29, 1.82) is 0 Å². The van der Waals surface area contributed by atoms with Crippen molar-refractivity contribution in [3.63, 3.8) is 0 Å². The van der Waals surface area contributed by atoms with E-state index in [0.29, 0.717) is 6.04 Å². The van der Waals surface area contributed by atoms with Gasteiger partial charge < -0.3 is 10.2 Å². The number of benzene rings is 1. The lowest BCUT2D eigenvalue weighted by atomic mass is 9.92. The molecule has 112 valence electrons. The van der Waals surface area contributed by atoms with Gasteiger partial charge in [-0.2, -0.15) is 5.10 Å². The van der Waals surface area contributed by atoms with Crippen LogP contribution in [-0.2, 0) is 20.0 Å². The number of hydrogen-bond donors (Lipinski definition) is 1. The molecule has 0 bridgehead atoms. The highest BCUT2D eigenvalue weighted by molar-refractivity contribution is 5.53. The molecule has 1 N–H and O–H groups in total. The molecule has 0 radical (unpaired) electrons. The number of nitrogens with one attached hydrogen (secondary N) is 1. The predicted octanol–water partition coefficient (Wildman–Crippen LogP) is 2.97. The zero-order valence-electron chi connectivity index (χ0n) is 13.1. The van der Waals surface area contributed by atoms with Gasteiger partial charge in [0, 0.05) is 30.5 Å². The molecule has 1 atom stereocenters. The van der Waals surface area contributed by atoms with Gasteiger partial charge in [0.05, 0.1) is 12.2 Å². The number of aryl methyl sites for hydroxylation is 1. The zero-order valence-corrected chi connectivity index (χ0v) is 13.1. The maximum absolute atomic E-state index is 4.43. The summed E-state index contributed by atoms with van der Waals surface area (Å²) in [5.74, 6) is 0. The molecule has 1 heterocycles. The molecule has 1 aliphatic rings. The number of aromatic nitrogens is 2. The molecule has 21 heavy (non-hydrogen) atoms. The number of fused-ring (bicyclic) bond motifs is 1. The summed E-state index contributed by atoms with van der Waals surface area (Å²) < 4.78 is 2.02. The summed E-state index contributed by atoms with van der Waals surface area (Å²) in [7, 11) is 6.26. The van der Waals surface area contributed by atoms with Gasteiger partial charge in [-0.3, -0.25) is 4.68 Å². The van der Waals surface area contributed by atoms with Gasteiger partial charge in [0.25, 0.3) is 0 Å². The Morgan fingerprint density at radius 2 is 2.14 bits per heavy atom. The molecule has 0 amide bonds. The molecule has 2 aromatic rings. The first-order valence-electron chi connectivity index (χ1n) is 7.65. The van der Waals surface area contributed by atoms with Crippen molar-refractivity contribution < 1.29 is 0 Å². The van der Waals surface area contributed by atoms with Crippen LogP contribution in [0.5, 0.6) is 0 Å². The molecule has 1 aliphatic carbocycles. The van der Waals surface area contributed by atoms with Gasteiger partial charge in [0.1, 0.15) is 0 Å². The Hall–Kier alpha value is -1.81. The maximum Gasteiger partial charge on any atom is 0.0547 e. The highest BCUT2D eigenvalue weighted by Gasteiger charge is 2.23. The fourth-order valence-corrected chi connectivity index (χ4v) is 3.18. The summed E-state index contributed by atoms with van der Waals surface area (Å²) >= 11 is 0. The second kappa shape index (κ2) is 5.90. The fraction of sp³-hybridized carbons (Fsp3) is 0.471. The minimum absolute atomic E-state index is 0.380. The van der Waals surface area contributed by atoms with E-state index in [1.54, 1.807) is 0 Å². The van der Waals surface area contributed by atoms with Gasteiger partial charge >= 0.3 is 0 Å². The monoisotopic (exact) mass is 284 g/mol. The summed E-state index contributed by atoms with van der Waals surface area (Å²) in [5, 5.41) is 8.17. The molecular weight excluding hydrogens is 260 g/mol. The number of para-hydroxylation sites is 1. The SMILES string of the molecule is CN(C)Cc1ccccc1NC1CCCc2c1cnn2C. The Bertz CT molecular complexity index is 615. The molecular formula is C17H24N4. The number of hydrogen-bond acceptors (Lipinski definition) is 3. The molecule has 4 heteroatoms. The lowest BCUT2D eigenvalue weighted by Gasteiger charge is -2.26. The van der Waals surface area contributed by atoms with E-state index in [0.717, 1.165) is 13.0 Å². The van der Waals surface area contributed by atoms with Gasteiger partial charge in [0.2, 0.25) is 0 Å². The molecule has 0 spiro atoms. The second-order valence-corrected chi connectivity index (χ2v) is 6.15. The number of rotatable bonds is 4. The minimum atomic E-state index is 0.380. The Kier molecular flexibility index (Phi) is 3.97. The van der Waals surface area contributed by atoms with Crippen LogP contribution in [0.1, 0.15) is 35.7 Å². The smallest absolute Gasteiger partial charge is 0.0547 e. The van der Waals surface area contributed by atoms with Crippen LogP contribution in [0.2, 0.25) is 0 Å². The van der Waals surface area contributed by atoms with Crippen LogP contribution in [0.15, 0.2) is 30.5 Å². The standard InChI is InChI=1S/C17H24N4/c1-20(2)12-13-7-4-5-8-15(13)19-16-9-6-10-17-14(16)11-18-21(17)3/h4-5,7-8,11,16,19H,6,9-10,12H2,1-3H3. The van der Waals surface area contributed by atoms with E-state index in [1.807, 2.05) is 17.9 Å². The molecule has 1 aromatic heterocycles. The zero-order chi connectivity index (χ0) is 14.8. The summed E-state index contributed by atoms with van der Waals surface area (Å²) in [6.07, 6.45) is 5.57. The normalized spacial score (nSPS) is 17.8. The van der Waals surface area contributed by atoms with Crippen molar-refractivity contribution in [3.05, 3.63) is 47.3 Å². The fourth-order valence-electron chi connectivity index (χ4n) is 3.18. The Morgan fingerprint density at radius 3 is 2.95 bits per heavy atom. The lowest BCUT2D eigenvalue weighted by molar-refractivity contribution is 0.403. The lowest BCUT2D eigenvalue weighted by Crippen LogP contribution is -2.19. The Balaban J connectivity index is 1.85. The van der Waals surface area contributed by atoms with Gasteiger partial charge in [-0.1, -0.05) is 18.2 Å². The third kappa shape index (κ3) is 2.95. The van der Waals surface area contributed by atoms with Gasteiger partial charge in [-0.15, -0.1) is 0 Å². The Morgan fingerprint density at radius 1 is 1.33 bits per heavy atom. The van der Waals surface area contributed by atoms with Crippen molar-refractivity contribution in [2.45, 2.75) is 31.8 Å². The number of nitrogens with zero attached hydrogens (tertiary/aromatic N) is 3. The van der Waals surface area contributed by atoms with Gasteiger partial charge in [-0.05, 0) is 45.0 Å². The first-order valence-corrected chi connectivity index (χ1v) is 7.65. The molecule has 0 saturated heterocycles. The summed E-state index contributed by atoms with van der Waals surface area (Å²) in [5.41, 5.74) is 5.33. The van der Waals surface area contributed by atoms with Crippen LogP contribution in [0.4, 0.5) is 5.69 Å². The third-order valence-electron chi connectivity index (χ3n) is 4.21. The van der Waals surface area contributed by atoms with E-state index in [2.05, 4.69) is 53.7 Å².